The minimum absolute atomic E-state index is 0.335. The van der Waals surface area contributed by atoms with Crippen molar-refractivity contribution in [3.05, 3.63) is 50.4 Å². The lowest BCUT2D eigenvalue weighted by molar-refractivity contribution is 0.483. The molecule has 0 aromatic heterocycles. The summed E-state index contributed by atoms with van der Waals surface area (Å²) in [6.45, 7) is 0. The van der Waals surface area contributed by atoms with Gasteiger partial charge in [0.25, 0.3) is 0 Å². The average Bonchev–Trinajstić information content (AvgIpc) is 2.37. The predicted molar refractivity (Wildman–Crippen MR) is 79.8 cm³/mol. The fourth-order valence-electron chi connectivity index (χ4n) is 1.43. The predicted octanol–water partition coefficient (Wildman–Crippen LogP) is 5.00. The Hall–Kier alpha value is -1.41. The number of benzene rings is 2. The lowest BCUT2D eigenvalue weighted by atomic mass is 10.2. The van der Waals surface area contributed by atoms with Crippen LogP contribution in [0, 0.1) is 11.3 Å². The molecule has 0 radical (unpaired) electrons. The van der Waals surface area contributed by atoms with Gasteiger partial charge >= 0.3 is 0 Å². The third-order valence-electron chi connectivity index (χ3n) is 2.33. The van der Waals surface area contributed by atoms with Gasteiger partial charge in [0.05, 0.1) is 21.3 Å². The van der Waals surface area contributed by atoms with E-state index in [2.05, 4.69) is 15.9 Å². The van der Waals surface area contributed by atoms with Crippen molar-refractivity contribution < 1.29 is 4.74 Å². The third kappa shape index (κ3) is 3.13. The second-order valence-corrected chi connectivity index (χ2v) is 5.39. The van der Waals surface area contributed by atoms with E-state index in [1.807, 2.05) is 6.07 Å². The zero-order valence-corrected chi connectivity index (χ0v) is 12.6. The Kier molecular flexibility index (Phi) is 4.20. The van der Waals surface area contributed by atoms with Crippen molar-refractivity contribution in [1.82, 2.24) is 0 Å². The number of nitrogen functional groups attached to an aromatic ring is 1. The average molecular weight is 358 g/mol. The molecule has 0 saturated heterocycles. The number of nitriles is 1. The highest BCUT2D eigenvalue weighted by atomic mass is 79.9. The van der Waals surface area contributed by atoms with Gasteiger partial charge in [-0.1, -0.05) is 39.1 Å². The molecule has 2 N–H and O–H groups in total. The van der Waals surface area contributed by atoms with Gasteiger partial charge in [-0.05, 0) is 24.3 Å². The summed E-state index contributed by atoms with van der Waals surface area (Å²) in [5.74, 6) is 0.754. The van der Waals surface area contributed by atoms with Crippen LogP contribution < -0.4 is 10.5 Å². The van der Waals surface area contributed by atoms with Gasteiger partial charge in [0.15, 0.2) is 5.75 Å². The molecule has 2 aromatic rings. The number of halogens is 3. The van der Waals surface area contributed by atoms with Crippen molar-refractivity contribution in [1.29, 1.82) is 5.26 Å². The van der Waals surface area contributed by atoms with E-state index in [9.17, 15) is 0 Å². The highest BCUT2D eigenvalue weighted by Crippen LogP contribution is 2.36. The number of nitrogens with two attached hydrogens (primary N) is 1. The fourth-order valence-corrected chi connectivity index (χ4v) is 2.12. The monoisotopic (exact) mass is 356 g/mol. The summed E-state index contributed by atoms with van der Waals surface area (Å²) in [6, 6.07) is 10.2. The van der Waals surface area contributed by atoms with E-state index in [4.69, 9.17) is 38.9 Å². The van der Waals surface area contributed by atoms with E-state index >= 15 is 0 Å². The molecule has 0 bridgehead atoms. The molecule has 0 amide bonds. The second-order valence-electron chi connectivity index (χ2n) is 3.66. The molecule has 3 nitrogen and oxygen atoms in total. The summed E-state index contributed by atoms with van der Waals surface area (Å²) >= 11 is 15.0. The summed E-state index contributed by atoms with van der Waals surface area (Å²) in [4.78, 5) is 0. The zero-order valence-electron chi connectivity index (χ0n) is 9.45. The van der Waals surface area contributed by atoms with Crippen LogP contribution in [0.1, 0.15) is 5.56 Å². The Morgan fingerprint density at radius 1 is 1.11 bits per heavy atom. The quantitative estimate of drug-likeness (QED) is 0.769. The molecule has 0 aliphatic carbocycles. The fraction of sp³-hybridized carbons (Fsp3) is 0. The van der Waals surface area contributed by atoms with E-state index in [0.29, 0.717) is 32.8 Å². The highest BCUT2D eigenvalue weighted by Gasteiger charge is 2.10. The van der Waals surface area contributed by atoms with Crippen LogP contribution in [0.2, 0.25) is 10.0 Å². The molecule has 2 rings (SSSR count). The second kappa shape index (κ2) is 5.70. The Balaban J connectivity index is 2.42. The van der Waals surface area contributed by atoms with Crippen LogP contribution in [0.3, 0.4) is 0 Å². The van der Waals surface area contributed by atoms with Gasteiger partial charge in [0, 0.05) is 10.5 Å². The van der Waals surface area contributed by atoms with Gasteiger partial charge < -0.3 is 10.5 Å². The van der Waals surface area contributed by atoms with E-state index < -0.39 is 0 Å². The molecule has 0 spiro atoms. The van der Waals surface area contributed by atoms with Gasteiger partial charge in [-0.25, -0.2) is 0 Å². The zero-order chi connectivity index (χ0) is 14.0. The number of ether oxygens (including phenoxy) is 1. The molecule has 0 aliphatic rings. The summed E-state index contributed by atoms with van der Waals surface area (Å²) < 4.78 is 6.40. The number of hydrogen-bond donors (Lipinski definition) is 1. The maximum absolute atomic E-state index is 9.06. The first-order valence-corrected chi connectivity index (χ1v) is 6.68. The van der Waals surface area contributed by atoms with Crippen LogP contribution in [-0.4, -0.2) is 0 Å². The Morgan fingerprint density at radius 3 is 2.47 bits per heavy atom. The van der Waals surface area contributed by atoms with E-state index in [-0.39, 0.29) is 0 Å². The molecule has 0 unspecified atom stereocenters. The Labute approximate surface area is 128 Å². The molecule has 6 heteroatoms. The molecule has 19 heavy (non-hydrogen) atoms. The topological polar surface area (TPSA) is 59.0 Å². The van der Waals surface area contributed by atoms with E-state index in [1.165, 1.54) is 12.1 Å². The lowest BCUT2D eigenvalue weighted by Gasteiger charge is -2.11. The Bertz CT molecular complexity index is 683. The summed E-state index contributed by atoms with van der Waals surface area (Å²) in [5.41, 5.74) is 6.54. The maximum Gasteiger partial charge on any atom is 0.151 e. The molecule has 0 atom stereocenters. The Morgan fingerprint density at radius 2 is 1.79 bits per heavy atom. The molecular formula is C13H7BrCl2N2O. The molecule has 0 aliphatic heterocycles. The molecule has 0 saturated carbocycles. The molecule has 96 valence electrons. The van der Waals surface area contributed by atoms with Crippen molar-refractivity contribution in [2.24, 2.45) is 0 Å². The first-order chi connectivity index (χ1) is 9.01. The van der Waals surface area contributed by atoms with E-state index in [0.717, 1.165) is 4.47 Å². The van der Waals surface area contributed by atoms with Gasteiger partial charge in [-0.15, -0.1) is 0 Å². The molecule has 0 heterocycles. The highest BCUT2D eigenvalue weighted by molar-refractivity contribution is 9.10. The number of rotatable bonds is 2. The van der Waals surface area contributed by atoms with Crippen molar-refractivity contribution in [3.63, 3.8) is 0 Å². The lowest BCUT2D eigenvalue weighted by Crippen LogP contribution is -1.94. The van der Waals surface area contributed by atoms with Crippen LogP contribution in [0.4, 0.5) is 5.69 Å². The van der Waals surface area contributed by atoms with Crippen molar-refractivity contribution >= 4 is 44.8 Å². The van der Waals surface area contributed by atoms with Gasteiger partial charge in [-0.2, -0.15) is 5.26 Å². The van der Waals surface area contributed by atoms with Crippen LogP contribution in [0.15, 0.2) is 34.8 Å². The molecule has 2 aromatic carbocycles. The standard InChI is InChI=1S/C13H7BrCl2N2O/c14-8-1-2-12(7(3-8)6-17)19-13-5-10(16)9(15)4-11(13)18/h1-5H,18H2. The first-order valence-electron chi connectivity index (χ1n) is 5.13. The number of anilines is 1. The van der Waals surface area contributed by atoms with Gasteiger partial charge in [0.2, 0.25) is 0 Å². The van der Waals surface area contributed by atoms with Crippen molar-refractivity contribution in [2.45, 2.75) is 0 Å². The summed E-state index contributed by atoms with van der Waals surface area (Å²) in [5, 5.41) is 9.74. The maximum atomic E-state index is 9.06. The SMILES string of the molecule is N#Cc1cc(Br)ccc1Oc1cc(Cl)c(Cl)cc1N. The largest absolute Gasteiger partial charge is 0.454 e. The van der Waals surface area contributed by atoms with Crippen molar-refractivity contribution in [2.75, 3.05) is 5.73 Å². The third-order valence-corrected chi connectivity index (χ3v) is 3.55. The minimum atomic E-state index is 0.335. The van der Waals surface area contributed by atoms with Crippen LogP contribution in [0.25, 0.3) is 0 Å². The molecule has 0 fully saturated rings. The summed E-state index contributed by atoms with van der Waals surface area (Å²) in [6.07, 6.45) is 0. The normalized spacial score (nSPS) is 10.0. The van der Waals surface area contributed by atoms with Crippen molar-refractivity contribution in [3.8, 4) is 17.6 Å². The minimum Gasteiger partial charge on any atom is -0.454 e. The number of hydrogen-bond acceptors (Lipinski definition) is 3. The van der Waals surface area contributed by atoms with E-state index in [1.54, 1.807) is 18.2 Å². The summed E-state index contributed by atoms with van der Waals surface area (Å²) in [7, 11) is 0. The van der Waals surface area contributed by atoms with Gasteiger partial charge in [0.1, 0.15) is 11.8 Å². The first kappa shape index (κ1) is 14.0. The van der Waals surface area contributed by atoms with Gasteiger partial charge in [-0.3, -0.25) is 0 Å². The van der Waals surface area contributed by atoms with Crippen LogP contribution in [-0.2, 0) is 0 Å². The van der Waals surface area contributed by atoms with Crippen LogP contribution in [0.5, 0.6) is 11.5 Å². The molecular weight excluding hydrogens is 351 g/mol. The van der Waals surface area contributed by atoms with Crippen LogP contribution >= 0.6 is 39.1 Å². The number of nitrogens with zero attached hydrogens (tertiary/aromatic N) is 1. The smallest absolute Gasteiger partial charge is 0.151 e.